The number of pyridine rings is 1. The number of anilines is 1. The first-order valence-electron chi connectivity index (χ1n) is 10.8. The van der Waals surface area contributed by atoms with E-state index in [0.717, 1.165) is 42.1 Å². The summed E-state index contributed by atoms with van der Waals surface area (Å²) in [5.41, 5.74) is 4.34. The van der Waals surface area contributed by atoms with E-state index in [1.54, 1.807) is 0 Å². The van der Waals surface area contributed by atoms with Crippen LogP contribution in [0.2, 0.25) is 0 Å². The Labute approximate surface area is 183 Å². The van der Waals surface area contributed by atoms with Gasteiger partial charge in [-0.05, 0) is 72.2 Å². The molecule has 1 heterocycles. The maximum Gasteiger partial charge on any atom is 0.307 e. The number of aliphatic carboxylic acids is 1. The zero-order valence-corrected chi connectivity index (χ0v) is 17.8. The lowest BCUT2D eigenvalue weighted by atomic mass is 9.84. The molecular weight excluding hydrogens is 388 g/mol. The molecule has 31 heavy (non-hydrogen) atoms. The molecule has 0 amide bonds. The van der Waals surface area contributed by atoms with Crippen LogP contribution in [0.1, 0.15) is 29.5 Å². The second-order valence-electron chi connectivity index (χ2n) is 8.14. The molecule has 2 unspecified atom stereocenters. The Bertz CT molecular complexity index is 1040. The minimum absolute atomic E-state index is 0.0456. The molecule has 0 saturated carbocycles. The van der Waals surface area contributed by atoms with Gasteiger partial charge in [0.1, 0.15) is 11.6 Å². The number of benzene rings is 1. The van der Waals surface area contributed by atoms with Crippen LogP contribution in [0.25, 0.3) is 5.57 Å². The highest BCUT2D eigenvalue weighted by atomic mass is 16.5. The smallest absolute Gasteiger partial charge is 0.307 e. The van der Waals surface area contributed by atoms with E-state index in [-0.39, 0.29) is 18.3 Å². The first kappa shape index (κ1) is 20.9. The van der Waals surface area contributed by atoms with Crippen LogP contribution in [-0.4, -0.2) is 29.2 Å². The highest BCUT2D eigenvalue weighted by Gasteiger charge is 2.26. The van der Waals surface area contributed by atoms with Gasteiger partial charge in [-0.3, -0.25) is 4.79 Å². The Morgan fingerprint density at radius 2 is 2.13 bits per heavy atom. The minimum Gasteiger partial charge on any atom is -0.494 e. The van der Waals surface area contributed by atoms with E-state index in [4.69, 9.17) is 4.74 Å². The summed E-state index contributed by atoms with van der Waals surface area (Å²) in [5.74, 6) is 1.43. The lowest BCUT2D eigenvalue weighted by Crippen LogP contribution is -2.15. The number of hydrogen-bond acceptors (Lipinski definition) is 4. The highest BCUT2D eigenvalue weighted by molar-refractivity contribution is 5.85. The molecule has 2 N–H and O–H groups in total. The average Bonchev–Trinajstić information content (AvgIpc) is 2.89. The third kappa shape index (κ3) is 5.43. The lowest BCUT2D eigenvalue weighted by molar-refractivity contribution is -0.135. The van der Waals surface area contributed by atoms with E-state index in [2.05, 4.69) is 41.5 Å². The molecule has 5 nitrogen and oxygen atoms in total. The molecule has 0 spiro atoms. The number of carboxylic acid groups (broad SMARTS) is 1. The largest absolute Gasteiger partial charge is 0.494 e. The van der Waals surface area contributed by atoms with Crippen LogP contribution in [0.15, 0.2) is 72.7 Å². The molecule has 2 aromatic rings. The number of nitrogens with one attached hydrogen (secondary N) is 1. The third-order valence-electron chi connectivity index (χ3n) is 5.72. The molecule has 1 aromatic carbocycles. The number of allylic oxidation sites excluding steroid dienone is 4. The van der Waals surface area contributed by atoms with Gasteiger partial charge in [0, 0.05) is 18.7 Å². The van der Waals surface area contributed by atoms with E-state index in [1.165, 1.54) is 11.1 Å². The van der Waals surface area contributed by atoms with Crippen LogP contribution < -0.4 is 5.32 Å². The van der Waals surface area contributed by atoms with Crippen LogP contribution in [0.3, 0.4) is 0 Å². The van der Waals surface area contributed by atoms with Crippen molar-refractivity contribution in [3.63, 3.8) is 0 Å². The van der Waals surface area contributed by atoms with Crippen LogP contribution in [-0.2, 0) is 16.0 Å². The van der Waals surface area contributed by atoms with Crippen molar-refractivity contribution in [3.05, 3.63) is 89.3 Å². The molecule has 1 aromatic heterocycles. The summed E-state index contributed by atoms with van der Waals surface area (Å²) in [6.07, 6.45) is 12.1. The highest BCUT2D eigenvalue weighted by Crippen LogP contribution is 2.37. The van der Waals surface area contributed by atoms with E-state index >= 15 is 0 Å². The van der Waals surface area contributed by atoms with Crippen LogP contribution >= 0.6 is 0 Å². The fourth-order valence-corrected chi connectivity index (χ4v) is 4.21. The normalized spacial score (nSPS) is 19.4. The van der Waals surface area contributed by atoms with Gasteiger partial charge in [-0.15, -0.1) is 0 Å². The number of carbonyl (C=O) groups is 1. The van der Waals surface area contributed by atoms with Crippen molar-refractivity contribution in [2.45, 2.75) is 26.2 Å². The molecule has 2 aliphatic rings. The van der Waals surface area contributed by atoms with Crippen LogP contribution in [0, 0.1) is 18.8 Å². The Morgan fingerprint density at radius 3 is 2.97 bits per heavy atom. The summed E-state index contributed by atoms with van der Waals surface area (Å²) in [7, 11) is 0. The van der Waals surface area contributed by atoms with E-state index in [0.29, 0.717) is 6.61 Å². The number of carboxylic acids is 1. The van der Waals surface area contributed by atoms with Crippen molar-refractivity contribution in [2.24, 2.45) is 11.8 Å². The van der Waals surface area contributed by atoms with Gasteiger partial charge in [0.15, 0.2) is 0 Å². The maximum atomic E-state index is 11.4. The molecule has 0 saturated heterocycles. The fraction of sp³-hybridized carbons (Fsp3) is 0.308. The van der Waals surface area contributed by atoms with Gasteiger partial charge in [0.2, 0.25) is 0 Å². The Kier molecular flexibility index (Phi) is 6.51. The first-order chi connectivity index (χ1) is 15.1. The zero-order valence-electron chi connectivity index (χ0n) is 17.8. The number of aromatic nitrogens is 1. The zero-order chi connectivity index (χ0) is 21.6. The van der Waals surface area contributed by atoms with Gasteiger partial charge < -0.3 is 15.2 Å². The standard InChI is InChI=1S/C26H28N2O3/c1-18-9-11-28-25(13-18)27-10-4-12-31-23-8-7-19-14-22(17-26(29)30)24-6-3-2-5-20(24)15-21(19)16-23/h2-3,5-9,11,13-14,16,19,21H,4,10,12,15,17H2,1H3,(H,27,28)(H,29,30). The number of nitrogens with zero attached hydrogens (tertiary/aromatic N) is 1. The van der Waals surface area contributed by atoms with Gasteiger partial charge in [0.25, 0.3) is 0 Å². The minimum atomic E-state index is -0.798. The van der Waals surface area contributed by atoms with Gasteiger partial charge >= 0.3 is 5.97 Å². The van der Waals surface area contributed by atoms with Gasteiger partial charge in [-0.2, -0.15) is 0 Å². The summed E-state index contributed by atoms with van der Waals surface area (Å²) in [6.45, 7) is 3.48. The lowest BCUT2D eigenvalue weighted by Gasteiger charge is -2.23. The number of rotatable bonds is 8. The molecule has 2 atom stereocenters. The van der Waals surface area contributed by atoms with Crippen molar-refractivity contribution in [2.75, 3.05) is 18.5 Å². The molecule has 0 bridgehead atoms. The SMILES string of the molecule is Cc1ccnc(NCCCOC2=CC3Cc4ccccc4C(CC(=O)O)=CC3C=C2)c1. The first-order valence-corrected chi connectivity index (χ1v) is 10.8. The average molecular weight is 417 g/mol. The maximum absolute atomic E-state index is 11.4. The van der Waals surface area contributed by atoms with Gasteiger partial charge in [-0.25, -0.2) is 4.98 Å². The van der Waals surface area contributed by atoms with Gasteiger partial charge in [-0.1, -0.05) is 36.4 Å². The van der Waals surface area contributed by atoms with Crippen molar-refractivity contribution in [3.8, 4) is 0 Å². The van der Waals surface area contributed by atoms with Crippen LogP contribution in [0.5, 0.6) is 0 Å². The summed E-state index contributed by atoms with van der Waals surface area (Å²) >= 11 is 0. The predicted molar refractivity (Wildman–Crippen MR) is 123 cm³/mol. The Morgan fingerprint density at radius 1 is 1.26 bits per heavy atom. The molecule has 160 valence electrons. The second-order valence-corrected chi connectivity index (χ2v) is 8.14. The number of ether oxygens (including phenoxy) is 1. The van der Waals surface area contributed by atoms with Crippen molar-refractivity contribution in [1.82, 2.24) is 4.98 Å². The number of hydrogen-bond donors (Lipinski definition) is 2. The Balaban J connectivity index is 1.36. The topological polar surface area (TPSA) is 71.5 Å². The Hall–Kier alpha value is -3.34. The third-order valence-corrected chi connectivity index (χ3v) is 5.72. The number of fused-ring (bicyclic) bond motifs is 2. The summed E-state index contributed by atoms with van der Waals surface area (Å²) in [4.78, 5) is 15.7. The number of aryl methyl sites for hydroxylation is 1. The van der Waals surface area contributed by atoms with E-state index in [9.17, 15) is 9.90 Å². The molecule has 0 radical (unpaired) electrons. The summed E-state index contributed by atoms with van der Waals surface area (Å²) in [6, 6.07) is 12.1. The monoisotopic (exact) mass is 416 g/mol. The molecule has 0 aliphatic heterocycles. The quantitative estimate of drug-likeness (QED) is 0.592. The van der Waals surface area contributed by atoms with Gasteiger partial charge in [0.05, 0.1) is 13.0 Å². The molecule has 0 fully saturated rings. The summed E-state index contributed by atoms with van der Waals surface area (Å²) < 4.78 is 6.01. The predicted octanol–water partition coefficient (Wildman–Crippen LogP) is 5.01. The van der Waals surface area contributed by atoms with Crippen LogP contribution in [0.4, 0.5) is 5.82 Å². The fourth-order valence-electron chi connectivity index (χ4n) is 4.21. The summed E-state index contributed by atoms with van der Waals surface area (Å²) in [5, 5.41) is 12.7. The van der Waals surface area contributed by atoms with E-state index in [1.807, 2.05) is 42.6 Å². The molecule has 2 aliphatic carbocycles. The molecule has 4 rings (SSSR count). The van der Waals surface area contributed by atoms with Crippen molar-refractivity contribution < 1.29 is 14.6 Å². The van der Waals surface area contributed by atoms with Crippen molar-refractivity contribution in [1.29, 1.82) is 0 Å². The van der Waals surface area contributed by atoms with E-state index < -0.39 is 5.97 Å². The second kappa shape index (κ2) is 9.65. The van der Waals surface area contributed by atoms with Crippen molar-refractivity contribution >= 4 is 17.4 Å². The molecular formula is C26H28N2O3. The molecule has 5 heteroatoms.